The van der Waals surface area contributed by atoms with E-state index < -0.39 is 17.7 Å². The second-order valence-electron chi connectivity index (χ2n) is 6.88. The van der Waals surface area contributed by atoms with Gasteiger partial charge in [0.1, 0.15) is 11.6 Å². The van der Waals surface area contributed by atoms with Gasteiger partial charge in [0.2, 0.25) is 5.91 Å². The summed E-state index contributed by atoms with van der Waals surface area (Å²) in [5.41, 5.74) is 6.50. The number of hydrogen-bond acceptors (Lipinski definition) is 4. The van der Waals surface area contributed by atoms with E-state index in [-0.39, 0.29) is 5.91 Å². The van der Waals surface area contributed by atoms with Gasteiger partial charge in [-0.3, -0.25) is 4.79 Å². The Hall–Kier alpha value is -1.73. The maximum absolute atomic E-state index is 13.9. The summed E-state index contributed by atoms with van der Waals surface area (Å²) in [6.07, 6.45) is 3.59. The number of carbonyl (C=O) groups is 1. The SMILES string of the molecule is N[C@@H](CN1CCCCC1)C(=O)N1CCN(c2ccc(F)cc2F)CC1. The Bertz CT molecular complexity index is 599. The van der Waals surface area contributed by atoms with Gasteiger partial charge in [-0.2, -0.15) is 0 Å². The molecular weight excluding hydrogens is 326 g/mol. The van der Waals surface area contributed by atoms with E-state index in [1.165, 1.54) is 31.4 Å². The Morgan fingerprint density at radius 3 is 2.36 bits per heavy atom. The molecule has 5 nitrogen and oxygen atoms in total. The Balaban J connectivity index is 1.51. The fraction of sp³-hybridized carbons (Fsp3) is 0.611. The smallest absolute Gasteiger partial charge is 0.240 e. The molecule has 0 aromatic heterocycles. The first-order valence-electron chi connectivity index (χ1n) is 9.01. The van der Waals surface area contributed by atoms with Crippen molar-refractivity contribution in [1.82, 2.24) is 9.80 Å². The Labute approximate surface area is 147 Å². The van der Waals surface area contributed by atoms with E-state index in [0.29, 0.717) is 38.4 Å². The summed E-state index contributed by atoms with van der Waals surface area (Å²) in [5, 5.41) is 0. The van der Waals surface area contributed by atoms with Crippen LogP contribution in [0.4, 0.5) is 14.5 Å². The predicted molar refractivity (Wildman–Crippen MR) is 93.4 cm³/mol. The second kappa shape index (κ2) is 8.10. The normalized spacial score (nSPS) is 20.6. The van der Waals surface area contributed by atoms with Crippen LogP contribution in [-0.2, 0) is 4.79 Å². The van der Waals surface area contributed by atoms with Crippen LogP contribution in [0.2, 0.25) is 0 Å². The van der Waals surface area contributed by atoms with Crippen molar-refractivity contribution in [2.75, 3.05) is 50.7 Å². The molecule has 2 fully saturated rings. The zero-order chi connectivity index (χ0) is 17.8. The number of anilines is 1. The fourth-order valence-electron chi connectivity index (χ4n) is 3.64. The molecule has 2 saturated heterocycles. The molecule has 2 heterocycles. The molecule has 2 aliphatic rings. The van der Waals surface area contributed by atoms with Gasteiger partial charge >= 0.3 is 0 Å². The van der Waals surface area contributed by atoms with Gasteiger partial charge < -0.3 is 20.4 Å². The van der Waals surface area contributed by atoms with Crippen molar-refractivity contribution in [3.8, 4) is 0 Å². The minimum absolute atomic E-state index is 0.0372. The van der Waals surface area contributed by atoms with Crippen LogP contribution in [0.15, 0.2) is 18.2 Å². The number of piperidine rings is 1. The van der Waals surface area contributed by atoms with Crippen LogP contribution >= 0.6 is 0 Å². The molecule has 7 heteroatoms. The summed E-state index contributed by atoms with van der Waals surface area (Å²) in [6, 6.07) is 3.09. The Morgan fingerprint density at radius 1 is 1.04 bits per heavy atom. The number of rotatable bonds is 4. The third-order valence-electron chi connectivity index (χ3n) is 5.06. The van der Waals surface area contributed by atoms with E-state index in [1.807, 2.05) is 4.90 Å². The maximum Gasteiger partial charge on any atom is 0.240 e. The highest BCUT2D eigenvalue weighted by atomic mass is 19.1. The van der Waals surface area contributed by atoms with Gasteiger partial charge in [0.25, 0.3) is 0 Å². The van der Waals surface area contributed by atoms with Crippen molar-refractivity contribution >= 4 is 11.6 Å². The first-order chi connectivity index (χ1) is 12.0. The van der Waals surface area contributed by atoms with Crippen LogP contribution in [0.1, 0.15) is 19.3 Å². The number of halogens is 2. The zero-order valence-electron chi connectivity index (χ0n) is 14.5. The molecule has 1 amide bonds. The lowest BCUT2D eigenvalue weighted by Gasteiger charge is -2.38. The molecule has 1 aromatic rings. The summed E-state index contributed by atoms with van der Waals surface area (Å²) in [5.74, 6) is -1.19. The number of amides is 1. The predicted octanol–water partition coefficient (Wildman–Crippen LogP) is 1.43. The molecule has 3 rings (SSSR count). The van der Waals surface area contributed by atoms with Gasteiger partial charge in [-0.15, -0.1) is 0 Å². The molecule has 1 atom stereocenters. The molecular formula is C18H26F2N4O. The summed E-state index contributed by atoms with van der Waals surface area (Å²) < 4.78 is 26.9. The van der Waals surface area contributed by atoms with E-state index >= 15 is 0 Å². The molecule has 1 aromatic carbocycles. The molecule has 0 unspecified atom stereocenters. The third-order valence-corrected chi connectivity index (χ3v) is 5.06. The van der Waals surface area contributed by atoms with Gasteiger partial charge in [0.05, 0.1) is 11.7 Å². The molecule has 0 radical (unpaired) electrons. The van der Waals surface area contributed by atoms with E-state index in [0.717, 1.165) is 19.2 Å². The van der Waals surface area contributed by atoms with E-state index in [4.69, 9.17) is 5.73 Å². The fourth-order valence-corrected chi connectivity index (χ4v) is 3.64. The molecule has 0 spiro atoms. The largest absolute Gasteiger partial charge is 0.366 e. The van der Waals surface area contributed by atoms with Crippen molar-refractivity contribution in [3.05, 3.63) is 29.8 Å². The van der Waals surface area contributed by atoms with Crippen LogP contribution in [0.25, 0.3) is 0 Å². The van der Waals surface area contributed by atoms with E-state index in [1.54, 1.807) is 4.90 Å². The maximum atomic E-state index is 13.9. The minimum atomic E-state index is -0.584. The highest BCUT2D eigenvalue weighted by molar-refractivity contribution is 5.82. The summed E-state index contributed by atoms with van der Waals surface area (Å²) in [6.45, 7) is 4.67. The van der Waals surface area contributed by atoms with Gasteiger partial charge in [-0.1, -0.05) is 6.42 Å². The van der Waals surface area contributed by atoms with Gasteiger partial charge in [0.15, 0.2) is 0 Å². The van der Waals surface area contributed by atoms with Gasteiger partial charge in [-0.25, -0.2) is 8.78 Å². The van der Waals surface area contributed by atoms with Crippen molar-refractivity contribution in [3.63, 3.8) is 0 Å². The first-order valence-corrected chi connectivity index (χ1v) is 9.01. The van der Waals surface area contributed by atoms with Gasteiger partial charge in [-0.05, 0) is 38.1 Å². The number of hydrogen-bond donors (Lipinski definition) is 1. The average molecular weight is 352 g/mol. The summed E-state index contributed by atoms with van der Waals surface area (Å²) in [7, 11) is 0. The van der Waals surface area contributed by atoms with Gasteiger partial charge in [0, 0.05) is 38.8 Å². The monoisotopic (exact) mass is 352 g/mol. The lowest BCUT2D eigenvalue weighted by Crippen LogP contribution is -2.56. The molecule has 0 saturated carbocycles. The quantitative estimate of drug-likeness (QED) is 0.891. The first kappa shape index (κ1) is 18.1. The van der Waals surface area contributed by atoms with Crippen molar-refractivity contribution in [1.29, 1.82) is 0 Å². The molecule has 2 N–H and O–H groups in total. The topological polar surface area (TPSA) is 52.8 Å². The number of benzene rings is 1. The van der Waals surface area contributed by atoms with Crippen molar-refractivity contribution in [2.24, 2.45) is 5.73 Å². The molecule has 0 bridgehead atoms. The van der Waals surface area contributed by atoms with Crippen LogP contribution < -0.4 is 10.6 Å². The number of nitrogens with zero attached hydrogens (tertiary/aromatic N) is 3. The van der Waals surface area contributed by atoms with Crippen LogP contribution in [0.3, 0.4) is 0 Å². The molecule has 0 aliphatic carbocycles. The second-order valence-corrected chi connectivity index (χ2v) is 6.88. The lowest BCUT2D eigenvalue weighted by molar-refractivity contribution is -0.133. The number of likely N-dealkylation sites (tertiary alicyclic amines) is 1. The van der Waals surface area contributed by atoms with E-state index in [9.17, 15) is 13.6 Å². The van der Waals surface area contributed by atoms with Crippen LogP contribution in [0.5, 0.6) is 0 Å². The highest BCUT2D eigenvalue weighted by Gasteiger charge is 2.27. The molecule has 138 valence electrons. The zero-order valence-corrected chi connectivity index (χ0v) is 14.5. The molecule has 25 heavy (non-hydrogen) atoms. The molecule has 2 aliphatic heterocycles. The summed E-state index contributed by atoms with van der Waals surface area (Å²) >= 11 is 0. The van der Waals surface area contributed by atoms with E-state index in [2.05, 4.69) is 4.90 Å². The number of piperazine rings is 1. The minimum Gasteiger partial charge on any atom is -0.366 e. The third kappa shape index (κ3) is 4.46. The lowest BCUT2D eigenvalue weighted by atomic mass is 10.1. The van der Waals surface area contributed by atoms with Crippen LogP contribution in [0, 0.1) is 11.6 Å². The van der Waals surface area contributed by atoms with Crippen molar-refractivity contribution in [2.45, 2.75) is 25.3 Å². The highest BCUT2D eigenvalue weighted by Crippen LogP contribution is 2.21. The number of nitrogens with two attached hydrogens (primary N) is 1. The number of carbonyl (C=O) groups excluding carboxylic acids is 1. The van der Waals surface area contributed by atoms with Crippen molar-refractivity contribution < 1.29 is 13.6 Å². The summed E-state index contributed by atoms with van der Waals surface area (Å²) in [4.78, 5) is 18.4. The Kier molecular flexibility index (Phi) is 5.86. The van der Waals surface area contributed by atoms with Crippen LogP contribution in [-0.4, -0.2) is 67.6 Å². The average Bonchev–Trinajstić information content (AvgIpc) is 2.62. The standard InChI is InChI=1S/C18H26F2N4O/c19-14-4-5-17(15(20)12-14)23-8-10-24(11-9-23)18(25)16(21)13-22-6-2-1-3-7-22/h4-5,12,16H,1-3,6-11,13,21H2/t16-/m0/s1. The Morgan fingerprint density at radius 2 is 1.72 bits per heavy atom.